The summed E-state index contributed by atoms with van der Waals surface area (Å²) in [5.41, 5.74) is 1.74. The van der Waals surface area contributed by atoms with E-state index in [1.54, 1.807) is 19.1 Å². The number of nitrogens with one attached hydrogen (secondary N) is 1. The van der Waals surface area contributed by atoms with Crippen LogP contribution >= 0.6 is 27.5 Å². The topological polar surface area (TPSA) is 79.2 Å². The van der Waals surface area contributed by atoms with Crippen LogP contribution < -0.4 is 11.2 Å². The Balaban J connectivity index is 1.70. The molecule has 3 aromatic rings. The Morgan fingerprint density at radius 3 is 3.00 bits per heavy atom. The lowest BCUT2D eigenvalue weighted by Crippen LogP contribution is -2.36. The van der Waals surface area contributed by atoms with Gasteiger partial charge in [-0.1, -0.05) is 27.5 Å². The van der Waals surface area contributed by atoms with Gasteiger partial charge in [0.2, 0.25) is 0 Å². The molecule has 26 heavy (non-hydrogen) atoms. The highest BCUT2D eigenvalue weighted by Gasteiger charge is 2.23. The van der Waals surface area contributed by atoms with Crippen molar-refractivity contribution in [2.24, 2.45) is 0 Å². The largest absolute Gasteiger partial charge is 0.422 e. The van der Waals surface area contributed by atoms with Gasteiger partial charge in [-0.25, -0.2) is 9.78 Å². The van der Waals surface area contributed by atoms with Crippen molar-refractivity contribution in [2.75, 3.05) is 6.54 Å². The molecule has 8 heteroatoms. The Morgan fingerprint density at radius 1 is 1.38 bits per heavy atom. The molecule has 2 aromatic heterocycles. The van der Waals surface area contributed by atoms with Gasteiger partial charge >= 0.3 is 5.63 Å². The number of nitrogens with zero attached hydrogens (tertiary/aromatic N) is 2. The molecule has 0 unspecified atom stereocenters. The third-order valence-electron chi connectivity index (χ3n) is 4.54. The van der Waals surface area contributed by atoms with Crippen LogP contribution in [0.5, 0.6) is 0 Å². The molecule has 0 fully saturated rings. The SMILES string of the molecule is Cc1nc2c(c(=O)[nH]1)CN(Cc1c(Cl)c3cc(Br)ccc3oc1=O)CC2. The van der Waals surface area contributed by atoms with Crippen LogP contribution in [0.2, 0.25) is 5.02 Å². The number of hydrogen-bond acceptors (Lipinski definition) is 5. The fraction of sp³-hybridized carbons (Fsp3) is 0.278. The van der Waals surface area contributed by atoms with E-state index < -0.39 is 5.63 Å². The van der Waals surface area contributed by atoms with E-state index in [1.165, 1.54) is 0 Å². The molecule has 1 aromatic carbocycles. The molecule has 0 atom stereocenters. The number of benzene rings is 1. The molecule has 0 saturated heterocycles. The Morgan fingerprint density at radius 2 is 2.19 bits per heavy atom. The third-order valence-corrected chi connectivity index (χ3v) is 5.46. The number of fused-ring (bicyclic) bond motifs is 2. The zero-order chi connectivity index (χ0) is 18.4. The summed E-state index contributed by atoms with van der Waals surface area (Å²) in [5.74, 6) is 0.617. The predicted octanol–water partition coefficient (Wildman–Crippen LogP) is 3.16. The number of rotatable bonds is 2. The molecule has 0 amide bonds. The molecule has 0 radical (unpaired) electrons. The summed E-state index contributed by atoms with van der Waals surface area (Å²) < 4.78 is 6.26. The minimum atomic E-state index is -0.452. The second kappa shape index (κ2) is 6.64. The highest BCUT2D eigenvalue weighted by molar-refractivity contribution is 9.10. The summed E-state index contributed by atoms with van der Waals surface area (Å²) in [6, 6.07) is 5.33. The fourth-order valence-corrected chi connectivity index (χ4v) is 3.92. The maximum Gasteiger partial charge on any atom is 0.342 e. The number of aromatic nitrogens is 2. The van der Waals surface area contributed by atoms with Gasteiger partial charge in [0.15, 0.2) is 0 Å². The third kappa shape index (κ3) is 3.11. The smallest absolute Gasteiger partial charge is 0.342 e. The average molecular weight is 437 g/mol. The summed E-state index contributed by atoms with van der Waals surface area (Å²) in [4.78, 5) is 33.7. The monoisotopic (exact) mass is 435 g/mol. The molecule has 0 spiro atoms. The minimum absolute atomic E-state index is 0.127. The Kier molecular flexibility index (Phi) is 4.46. The van der Waals surface area contributed by atoms with E-state index in [9.17, 15) is 9.59 Å². The molecule has 4 rings (SSSR count). The first-order chi connectivity index (χ1) is 12.4. The number of aryl methyl sites for hydroxylation is 1. The van der Waals surface area contributed by atoms with E-state index in [2.05, 4.69) is 25.9 Å². The van der Waals surface area contributed by atoms with Gasteiger partial charge in [-0.3, -0.25) is 9.69 Å². The molecular weight excluding hydrogens is 422 g/mol. The van der Waals surface area contributed by atoms with Crippen molar-refractivity contribution in [1.29, 1.82) is 0 Å². The van der Waals surface area contributed by atoms with Gasteiger partial charge in [-0.15, -0.1) is 0 Å². The summed E-state index contributed by atoms with van der Waals surface area (Å²) >= 11 is 9.91. The molecule has 0 aliphatic carbocycles. The molecule has 3 heterocycles. The van der Waals surface area contributed by atoms with Gasteiger partial charge in [0.1, 0.15) is 11.4 Å². The quantitative estimate of drug-likeness (QED) is 0.624. The van der Waals surface area contributed by atoms with Gasteiger partial charge < -0.3 is 9.40 Å². The number of halogens is 2. The van der Waals surface area contributed by atoms with Crippen LogP contribution in [-0.4, -0.2) is 21.4 Å². The second-order valence-electron chi connectivity index (χ2n) is 6.36. The predicted molar refractivity (Wildman–Crippen MR) is 103 cm³/mol. The van der Waals surface area contributed by atoms with Gasteiger partial charge in [-0.2, -0.15) is 0 Å². The lowest BCUT2D eigenvalue weighted by atomic mass is 10.1. The molecule has 1 aliphatic rings. The van der Waals surface area contributed by atoms with E-state index in [1.807, 2.05) is 11.0 Å². The molecule has 6 nitrogen and oxygen atoms in total. The van der Waals surface area contributed by atoms with Gasteiger partial charge in [0, 0.05) is 35.9 Å². The lowest BCUT2D eigenvalue weighted by molar-refractivity contribution is 0.238. The fourth-order valence-electron chi connectivity index (χ4n) is 3.27. The molecule has 134 valence electrons. The van der Waals surface area contributed by atoms with Crippen molar-refractivity contribution in [1.82, 2.24) is 14.9 Å². The van der Waals surface area contributed by atoms with Crippen LogP contribution in [0.1, 0.15) is 22.6 Å². The zero-order valence-electron chi connectivity index (χ0n) is 13.9. The highest BCUT2D eigenvalue weighted by atomic mass is 79.9. The van der Waals surface area contributed by atoms with Crippen molar-refractivity contribution in [3.63, 3.8) is 0 Å². The first-order valence-corrected chi connectivity index (χ1v) is 9.31. The molecule has 0 bridgehead atoms. The molecular formula is C18H15BrClN3O3. The van der Waals surface area contributed by atoms with Crippen LogP contribution in [0.25, 0.3) is 11.0 Å². The number of H-pyrrole nitrogens is 1. The average Bonchev–Trinajstić information content (AvgIpc) is 2.60. The number of aromatic amines is 1. The molecule has 1 N–H and O–H groups in total. The van der Waals surface area contributed by atoms with E-state index in [4.69, 9.17) is 16.0 Å². The van der Waals surface area contributed by atoms with E-state index in [0.717, 1.165) is 10.2 Å². The first kappa shape index (κ1) is 17.5. The normalized spacial score (nSPS) is 14.6. The summed E-state index contributed by atoms with van der Waals surface area (Å²) in [6.45, 7) is 3.20. The van der Waals surface area contributed by atoms with Crippen LogP contribution in [0, 0.1) is 6.92 Å². The lowest BCUT2D eigenvalue weighted by Gasteiger charge is -2.27. The maximum absolute atomic E-state index is 12.4. The second-order valence-corrected chi connectivity index (χ2v) is 7.65. The first-order valence-electron chi connectivity index (χ1n) is 8.14. The van der Waals surface area contributed by atoms with Crippen LogP contribution in [0.4, 0.5) is 0 Å². The molecule has 1 aliphatic heterocycles. The van der Waals surface area contributed by atoms with Crippen LogP contribution in [-0.2, 0) is 19.5 Å². The van der Waals surface area contributed by atoms with Gasteiger partial charge in [0.25, 0.3) is 5.56 Å². The molecule has 0 saturated carbocycles. The van der Waals surface area contributed by atoms with Crippen molar-refractivity contribution in [2.45, 2.75) is 26.4 Å². The Labute approximate surface area is 161 Å². The van der Waals surface area contributed by atoms with Crippen molar-refractivity contribution in [3.8, 4) is 0 Å². The maximum atomic E-state index is 12.4. The van der Waals surface area contributed by atoms with Crippen molar-refractivity contribution in [3.05, 3.63) is 71.1 Å². The van der Waals surface area contributed by atoms with Crippen LogP contribution in [0.3, 0.4) is 0 Å². The zero-order valence-corrected chi connectivity index (χ0v) is 16.3. The minimum Gasteiger partial charge on any atom is -0.422 e. The van der Waals surface area contributed by atoms with E-state index in [-0.39, 0.29) is 5.56 Å². The summed E-state index contributed by atoms with van der Waals surface area (Å²) in [7, 11) is 0. The van der Waals surface area contributed by atoms with E-state index >= 15 is 0 Å². The van der Waals surface area contributed by atoms with Crippen molar-refractivity contribution < 1.29 is 4.42 Å². The van der Waals surface area contributed by atoms with Crippen molar-refractivity contribution >= 4 is 38.5 Å². The van der Waals surface area contributed by atoms with Crippen LogP contribution in [0.15, 0.2) is 36.7 Å². The summed E-state index contributed by atoms with van der Waals surface area (Å²) in [5, 5.41) is 1.07. The van der Waals surface area contributed by atoms with E-state index in [0.29, 0.717) is 59.0 Å². The standard InChI is InChI=1S/C18H15BrClN3O3/c1-9-21-14-4-5-23(7-12(14)17(24)22-9)8-13-16(20)11-6-10(19)2-3-15(11)26-18(13)25/h2-3,6H,4-5,7-8H2,1H3,(H,21,22,24). The Hall–Kier alpha value is -1.96. The van der Waals surface area contributed by atoms with Gasteiger partial charge in [-0.05, 0) is 25.1 Å². The highest BCUT2D eigenvalue weighted by Crippen LogP contribution is 2.29. The summed E-state index contributed by atoms with van der Waals surface area (Å²) in [6.07, 6.45) is 0.655. The van der Waals surface area contributed by atoms with Gasteiger partial charge in [0.05, 0.1) is 21.8 Å². The Bertz CT molecular complexity index is 1140. The number of hydrogen-bond donors (Lipinski definition) is 1.